The van der Waals surface area contributed by atoms with Crippen molar-refractivity contribution in [3.05, 3.63) is 45.5 Å². The molecule has 1 atom stereocenters. The second-order valence-electron chi connectivity index (χ2n) is 7.61. The van der Waals surface area contributed by atoms with Crippen LogP contribution in [0.25, 0.3) is 0 Å². The number of hydrogen-bond donors (Lipinski definition) is 1. The van der Waals surface area contributed by atoms with Crippen LogP contribution in [-0.4, -0.2) is 57.2 Å². The molecule has 1 unspecified atom stereocenters. The number of ether oxygens (including phenoxy) is 1. The normalized spacial score (nSPS) is 20.0. The summed E-state index contributed by atoms with van der Waals surface area (Å²) >= 11 is 0. The Bertz CT molecular complexity index is 868. The highest BCUT2D eigenvalue weighted by molar-refractivity contribution is 5.38. The van der Waals surface area contributed by atoms with E-state index in [-0.39, 0.29) is 5.56 Å². The first-order valence-corrected chi connectivity index (χ1v) is 10.1. The quantitative estimate of drug-likeness (QED) is 0.805. The molecule has 150 valence electrons. The molecule has 2 aliphatic heterocycles. The van der Waals surface area contributed by atoms with Crippen molar-refractivity contribution < 1.29 is 4.74 Å². The van der Waals surface area contributed by atoms with Crippen molar-refractivity contribution in [2.75, 3.05) is 31.6 Å². The van der Waals surface area contributed by atoms with Gasteiger partial charge in [-0.25, -0.2) is 4.68 Å². The zero-order chi connectivity index (χ0) is 19.3. The van der Waals surface area contributed by atoms with Crippen LogP contribution >= 0.6 is 0 Å². The van der Waals surface area contributed by atoms with E-state index in [4.69, 9.17) is 4.74 Å². The summed E-state index contributed by atoms with van der Waals surface area (Å²) in [5.41, 5.74) is 3.01. The molecule has 2 aliphatic rings. The summed E-state index contributed by atoms with van der Waals surface area (Å²) in [6, 6.07) is 5.83. The lowest BCUT2D eigenvalue weighted by Crippen LogP contribution is -2.45. The van der Waals surface area contributed by atoms with E-state index >= 15 is 0 Å². The van der Waals surface area contributed by atoms with Gasteiger partial charge >= 0.3 is 0 Å². The van der Waals surface area contributed by atoms with Gasteiger partial charge in [-0.3, -0.25) is 9.69 Å². The lowest BCUT2D eigenvalue weighted by atomic mass is 10.0. The van der Waals surface area contributed by atoms with Gasteiger partial charge < -0.3 is 10.1 Å². The number of fused-ring (bicyclic) bond motifs is 1. The van der Waals surface area contributed by atoms with Crippen molar-refractivity contribution in [1.29, 1.82) is 0 Å². The molecule has 0 spiro atoms. The Morgan fingerprint density at radius 2 is 2.18 bits per heavy atom. The highest BCUT2D eigenvalue weighted by atomic mass is 16.5. The van der Waals surface area contributed by atoms with Crippen LogP contribution in [0.4, 0.5) is 5.82 Å². The predicted octanol–water partition coefficient (Wildman–Crippen LogP) is 1.38. The Morgan fingerprint density at radius 3 is 3.11 bits per heavy atom. The molecule has 1 N–H and O–H groups in total. The lowest BCUT2D eigenvalue weighted by Gasteiger charge is -2.35. The molecule has 0 radical (unpaired) electrons. The first kappa shape index (κ1) is 19.0. The van der Waals surface area contributed by atoms with Gasteiger partial charge in [-0.2, -0.15) is 10.2 Å². The smallest absolute Gasteiger partial charge is 0.266 e. The van der Waals surface area contributed by atoms with E-state index < -0.39 is 0 Å². The van der Waals surface area contributed by atoms with Gasteiger partial charge in [-0.1, -0.05) is 6.42 Å². The van der Waals surface area contributed by atoms with Gasteiger partial charge in [0.05, 0.1) is 31.1 Å². The van der Waals surface area contributed by atoms with Crippen LogP contribution in [0.2, 0.25) is 0 Å². The third kappa shape index (κ3) is 4.56. The average molecular weight is 384 g/mol. The summed E-state index contributed by atoms with van der Waals surface area (Å²) in [7, 11) is 0. The molecule has 4 rings (SSSR count). The first-order chi connectivity index (χ1) is 13.7. The minimum absolute atomic E-state index is 0.0381. The van der Waals surface area contributed by atoms with Crippen LogP contribution < -0.4 is 10.9 Å². The molecule has 8 heteroatoms. The van der Waals surface area contributed by atoms with Gasteiger partial charge in [0.2, 0.25) is 0 Å². The Balaban J connectivity index is 1.36. The molecule has 2 aromatic heterocycles. The van der Waals surface area contributed by atoms with E-state index in [0.717, 1.165) is 61.9 Å². The van der Waals surface area contributed by atoms with Gasteiger partial charge in [0.25, 0.3) is 5.56 Å². The third-order valence-corrected chi connectivity index (χ3v) is 5.57. The van der Waals surface area contributed by atoms with Crippen molar-refractivity contribution in [3.8, 4) is 0 Å². The summed E-state index contributed by atoms with van der Waals surface area (Å²) in [4.78, 5) is 14.5. The largest absolute Gasteiger partial charge is 0.376 e. The van der Waals surface area contributed by atoms with Gasteiger partial charge in [-0.15, -0.1) is 5.10 Å². The van der Waals surface area contributed by atoms with Crippen LogP contribution in [0.15, 0.2) is 23.0 Å². The summed E-state index contributed by atoms with van der Waals surface area (Å²) in [5.74, 6) is 0.811. The van der Waals surface area contributed by atoms with Crippen molar-refractivity contribution in [2.45, 2.75) is 51.8 Å². The standard InChI is InChI=1S/C20H28N6O2/c1-15-5-6-20(27)26(24-15)10-9-25-8-3-2-4-17(25)13-21-19-12-16-14-28-11-7-18(16)22-23-19/h5-6,12,17H,2-4,7-11,13-14H2,1H3,(H,21,23). The molecule has 0 bridgehead atoms. The van der Waals surface area contributed by atoms with E-state index in [9.17, 15) is 4.79 Å². The van der Waals surface area contributed by atoms with E-state index in [1.807, 2.05) is 6.92 Å². The Hall–Kier alpha value is -2.32. The van der Waals surface area contributed by atoms with Crippen molar-refractivity contribution in [3.63, 3.8) is 0 Å². The molecule has 8 nitrogen and oxygen atoms in total. The lowest BCUT2D eigenvalue weighted by molar-refractivity contribution is 0.109. The number of hydrogen-bond acceptors (Lipinski definition) is 7. The number of nitrogens with one attached hydrogen (secondary N) is 1. The molecular weight excluding hydrogens is 356 g/mol. The molecule has 28 heavy (non-hydrogen) atoms. The zero-order valence-electron chi connectivity index (χ0n) is 16.4. The number of anilines is 1. The number of rotatable bonds is 6. The highest BCUT2D eigenvalue weighted by Gasteiger charge is 2.22. The summed E-state index contributed by atoms with van der Waals surface area (Å²) in [6.45, 7) is 6.58. The van der Waals surface area contributed by atoms with Crippen LogP contribution in [0.1, 0.15) is 36.2 Å². The maximum Gasteiger partial charge on any atom is 0.266 e. The van der Waals surface area contributed by atoms with Gasteiger partial charge in [-0.05, 0) is 38.4 Å². The summed E-state index contributed by atoms with van der Waals surface area (Å²) < 4.78 is 7.09. The fourth-order valence-corrected chi connectivity index (χ4v) is 3.97. The number of nitrogens with zero attached hydrogens (tertiary/aromatic N) is 5. The first-order valence-electron chi connectivity index (χ1n) is 10.1. The number of aryl methyl sites for hydroxylation is 1. The Morgan fingerprint density at radius 1 is 1.25 bits per heavy atom. The van der Waals surface area contributed by atoms with Gasteiger partial charge in [0.15, 0.2) is 0 Å². The SMILES string of the molecule is Cc1ccc(=O)n(CCN2CCCCC2CNc2cc3c(nn2)CCOC3)n1. The molecule has 4 heterocycles. The van der Waals surface area contributed by atoms with Gasteiger partial charge in [0.1, 0.15) is 5.82 Å². The van der Waals surface area contributed by atoms with Gasteiger partial charge in [0, 0.05) is 37.2 Å². The fraction of sp³-hybridized carbons (Fsp3) is 0.600. The minimum Gasteiger partial charge on any atom is -0.376 e. The van der Waals surface area contributed by atoms with Crippen molar-refractivity contribution >= 4 is 5.82 Å². The number of likely N-dealkylation sites (tertiary alicyclic amines) is 1. The second kappa shape index (κ2) is 8.79. The molecule has 1 saturated heterocycles. The van der Waals surface area contributed by atoms with E-state index in [1.54, 1.807) is 16.8 Å². The summed E-state index contributed by atoms with van der Waals surface area (Å²) in [6.07, 6.45) is 4.41. The fourth-order valence-electron chi connectivity index (χ4n) is 3.97. The van der Waals surface area contributed by atoms with Crippen LogP contribution in [0.5, 0.6) is 0 Å². The van der Waals surface area contributed by atoms with Crippen LogP contribution in [0, 0.1) is 6.92 Å². The van der Waals surface area contributed by atoms with Crippen molar-refractivity contribution in [2.24, 2.45) is 0 Å². The monoisotopic (exact) mass is 384 g/mol. The van der Waals surface area contributed by atoms with E-state index in [1.165, 1.54) is 12.8 Å². The predicted molar refractivity (Wildman–Crippen MR) is 106 cm³/mol. The number of aromatic nitrogens is 4. The molecule has 0 aliphatic carbocycles. The van der Waals surface area contributed by atoms with Crippen LogP contribution in [0.3, 0.4) is 0 Å². The molecule has 1 fully saturated rings. The minimum atomic E-state index is -0.0381. The maximum atomic E-state index is 12.0. The Kier molecular flexibility index (Phi) is 5.97. The van der Waals surface area contributed by atoms with Crippen molar-refractivity contribution in [1.82, 2.24) is 24.9 Å². The topological polar surface area (TPSA) is 85.2 Å². The molecular formula is C20H28N6O2. The molecule has 0 amide bonds. The van der Waals surface area contributed by atoms with E-state index in [2.05, 4.69) is 31.6 Å². The molecule has 0 aromatic carbocycles. The summed E-state index contributed by atoms with van der Waals surface area (Å²) in [5, 5.41) is 16.5. The average Bonchev–Trinajstić information content (AvgIpc) is 2.73. The third-order valence-electron chi connectivity index (χ3n) is 5.57. The van der Waals surface area contributed by atoms with Crippen LogP contribution in [-0.2, 0) is 24.3 Å². The molecule has 2 aromatic rings. The van der Waals surface area contributed by atoms with E-state index in [0.29, 0.717) is 19.2 Å². The highest BCUT2D eigenvalue weighted by Crippen LogP contribution is 2.19. The Labute approximate surface area is 164 Å². The number of piperidine rings is 1. The maximum absolute atomic E-state index is 12.0. The molecule has 0 saturated carbocycles. The zero-order valence-corrected chi connectivity index (χ0v) is 16.4. The second-order valence-corrected chi connectivity index (χ2v) is 7.61.